The molecule has 23 heavy (non-hydrogen) atoms. The van der Waals surface area contributed by atoms with E-state index in [-0.39, 0.29) is 5.56 Å². The number of ether oxygens (including phenoxy) is 2. The fourth-order valence-electron chi connectivity index (χ4n) is 2.10. The van der Waals surface area contributed by atoms with E-state index in [9.17, 15) is 8.78 Å². The van der Waals surface area contributed by atoms with Gasteiger partial charge in [-0.15, -0.1) is 0 Å². The normalized spacial score (nSPS) is 14.4. The first-order chi connectivity index (χ1) is 11.2. The van der Waals surface area contributed by atoms with Gasteiger partial charge in [0.15, 0.2) is 0 Å². The Morgan fingerprint density at radius 3 is 2.26 bits per heavy atom. The second kappa shape index (κ2) is 13.3. The molecule has 5 heteroatoms. The van der Waals surface area contributed by atoms with E-state index >= 15 is 0 Å². The maximum Gasteiger partial charge on any atom is 0.264 e. The lowest BCUT2D eigenvalue weighted by atomic mass is 10.1. The molecule has 0 saturated carbocycles. The van der Waals surface area contributed by atoms with E-state index in [0.717, 1.165) is 32.8 Å². The predicted octanol–water partition coefficient (Wildman–Crippen LogP) is 4.70. The first-order valence-corrected chi connectivity index (χ1v) is 8.48. The van der Waals surface area contributed by atoms with Gasteiger partial charge in [0, 0.05) is 25.2 Å². The van der Waals surface area contributed by atoms with Crippen LogP contribution in [0.15, 0.2) is 18.2 Å². The fraction of sp³-hybridized carbons (Fsp3) is 0.667. The summed E-state index contributed by atoms with van der Waals surface area (Å²) in [6, 6.07) is 4.71. The summed E-state index contributed by atoms with van der Waals surface area (Å²) in [7, 11) is 0. The van der Waals surface area contributed by atoms with E-state index in [1.54, 1.807) is 19.1 Å². The van der Waals surface area contributed by atoms with Crippen molar-refractivity contribution in [3.63, 3.8) is 0 Å². The minimum Gasteiger partial charge on any atom is -0.492 e. The zero-order valence-corrected chi connectivity index (χ0v) is 15.1. The number of nitrogens with zero attached hydrogens (tertiary/aromatic N) is 1. The van der Waals surface area contributed by atoms with Crippen LogP contribution in [0.1, 0.15) is 45.2 Å². The highest BCUT2D eigenvalue weighted by Gasteiger charge is 2.12. The van der Waals surface area contributed by atoms with Gasteiger partial charge in [0.2, 0.25) is 0 Å². The van der Waals surface area contributed by atoms with Crippen LogP contribution in [0.5, 0.6) is 5.75 Å². The van der Waals surface area contributed by atoms with Gasteiger partial charge in [0.1, 0.15) is 12.4 Å². The van der Waals surface area contributed by atoms with Gasteiger partial charge in [0.05, 0.1) is 13.2 Å². The van der Waals surface area contributed by atoms with Crippen LogP contribution in [-0.2, 0) is 4.74 Å². The van der Waals surface area contributed by atoms with Crippen molar-refractivity contribution in [1.29, 1.82) is 0 Å². The first kappa shape index (κ1) is 21.8. The van der Waals surface area contributed by atoms with Crippen molar-refractivity contribution in [2.24, 2.45) is 0 Å². The number of benzene rings is 1. The Bertz CT molecular complexity index is 408. The van der Waals surface area contributed by atoms with E-state index in [1.165, 1.54) is 6.07 Å². The van der Waals surface area contributed by atoms with Crippen LogP contribution in [0.25, 0.3) is 0 Å². The summed E-state index contributed by atoms with van der Waals surface area (Å²) in [4.78, 5) is 2.27. The SMILES string of the molecule is CC.CC.Cc1cc(OCCN2CCOCC2)ccc1C(F)F. The third-order valence-corrected chi connectivity index (χ3v) is 3.26. The molecule has 1 aromatic carbocycles. The van der Waals surface area contributed by atoms with Gasteiger partial charge >= 0.3 is 0 Å². The highest BCUT2D eigenvalue weighted by Crippen LogP contribution is 2.25. The molecule has 0 amide bonds. The molecule has 0 radical (unpaired) electrons. The summed E-state index contributed by atoms with van der Waals surface area (Å²) in [6.45, 7) is 14.5. The van der Waals surface area contributed by atoms with Gasteiger partial charge in [-0.1, -0.05) is 27.7 Å². The summed E-state index contributed by atoms with van der Waals surface area (Å²) in [5.41, 5.74) is 0.638. The van der Waals surface area contributed by atoms with E-state index in [0.29, 0.717) is 17.9 Å². The lowest BCUT2D eigenvalue weighted by Crippen LogP contribution is -2.38. The van der Waals surface area contributed by atoms with Gasteiger partial charge in [-0.25, -0.2) is 8.78 Å². The van der Waals surface area contributed by atoms with Crippen molar-refractivity contribution in [1.82, 2.24) is 4.90 Å². The predicted molar refractivity (Wildman–Crippen MR) is 91.6 cm³/mol. The molecule has 1 heterocycles. The van der Waals surface area contributed by atoms with E-state index < -0.39 is 6.43 Å². The Labute approximate surface area is 139 Å². The Balaban J connectivity index is 0.00000112. The van der Waals surface area contributed by atoms with Crippen molar-refractivity contribution in [2.45, 2.75) is 41.0 Å². The van der Waals surface area contributed by atoms with Crippen molar-refractivity contribution in [3.8, 4) is 5.75 Å². The topological polar surface area (TPSA) is 21.7 Å². The first-order valence-electron chi connectivity index (χ1n) is 8.48. The molecule has 0 unspecified atom stereocenters. The van der Waals surface area contributed by atoms with Crippen LogP contribution in [0, 0.1) is 6.92 Å². The molecular weight excluding hydrogens is 300 g/mol. The van der Waals surface area contributed by atoms with Crippen LogP contribution < -0.4 is 4.74 Å². The third kappa shape index (κ3) is 8.28. The molecule has 1 saturated heterocycles. The molecule has 1 aliphatic rings. The highest BCUT2D eigenvalue weighted by atomic mass is 19.3. The number of halogens is 2. The maximum absolute atomic E-state index is 12.6. The van der Waals surface area contributed by atoms with Crippen LogP contribution in [0.4, 0.5) is 8.78 Å². The van der Waals surface area contributed by atoms with Crippen LogP contribution in [0.2, 0.25) is 0 Å². The number of hydrogen-bond donors (Lipinski definition) is 0. The Morgan fingerprint density at radius 1 is 1.13 bits per heavy atom. The van der Waals surface area contributed by atoms with Crippen LogP contribution >= 0.6 is 0 Å². The van der Waals surface area contributed by atoms with Crippen molar-refractivity contribution < 1.29 is 18.3 Å². The van der Waals surface area contributed by atoms with Gasteiger partial charge in [-0.3, -0.25) is 4.90 Å². The minimum absolute atomic E-state index is 0.0699. The standard InChI is InChI=1S/C14H19F2NO2.2C2H6/c1-11-10-12(2-3-13(11)14(15)16)19-9-6-17-4-7-18-8-5-17;2*1-2/h2-3,10,14H,4-9H2,1H3;2*1-2H3. The molecule has 0 aromatic heterocycles. The van der Waals surface area contributed by atoms with Crippen LogP contribution in [-0.4, -0.2) is 44.4 Å². The van der Waals surface area contributed by atoms with Gasteiger partial charge in [0.25, 0.3) is 6.43 Å². The summed E-state index contributed by atoms with van der Waals surface area (Å²) in [5.74, 6) is 0.648. The van der Waals surface area contributed by atoms with Crippen LogP contribution in [0.3, 0.4) is 0 Å². The molecule has 0 aliphatic carbocycles. The number of hydrogen-bond acceptors (Lipinski definition) is 3. The Morgan fingerprint density at radius 2 is 1.74 bits per heavy atom. The van der Waals surface area contributed by atoms with E-state index in [1.807, 2.05) is 27.7 Å². The third-order valence-electron chi connectivity index (χ3n) is 3.26. The zero-order valence-electron chi connectivity index (χ0n) is 15.1. The van der Waals surface area contributed by atoms with E-state index in [2.05, 4.69) is 4.90 Å². The largest absolute Gasteiger partial charge is 0.492 e. The molecule has 0 spiro atoms. The molecule has 3 nitrogen and oxygen atoms in total. The summed E-state index contributed by atoms with van der Waals surface area (Å²) in [5, 5.41) is 0. The van der Waals surface area contributed by atoms with E-state index in [4.69, 9.17) is 9.47 Å². The molecule has 134 valence electrons. The average Bonchev–Trinajstić information content (AvgIpc) is 2.59. The van der Waals surface area contributed by atoms with Crippen molar-refractivity contribution >= 4 is 0 Å². The number of morpholine rings is 1. The van der Waals surface area contributed by atoms with Crippen molar-refractivity contribution in [3.05, 3.63) is 29.3 Å². The second-order valence-electron chi connectivity index (χ2n) is 4.62. The lowest BCUT2D eigenvalue weighted by molar-refractivity contribution is 0.0322. The lowest BCUT2D eigenvalue weighted by Gasteiger charge is -2.26. The molecule has 0 bridgehead atoms. The second-order valence-corrected chi connectivity index (χ2v) is 4.62. The summed E-state index contributed by atoms with van der Waals surface area (Å²) in [6.07, 6.45) is -2.43. The molecule has 1 aliphatic heterocycles. The fourth-order valence-corrected chi connectivity index (χ4v) is 2.10. The molecule has 0 atom stereocenters. The molecule has 0 N–H and O–H groups in total. The van der Waals surface area contributed by atoms with Crippen molar-refractivity contribution in [2.75, 3.05) is 39.5 Å². The van der Waals surface area contributed by atoms with Gasteiger partial charge in [-0.2, -0.15) is 0 Å². The molecule has 1 fully saturated rings. The molecular formula is C18H31F2NO2. The maximum atomic E-state index is 12.6. The highest BCUT2D eigenvalue weighted by molar-refractivity contribution is 5.35. The van der Waals surface area contributed by atoms with Gasteiger partial charge in [-0.05, 0) is 30.7 Å². The quantitative estimate of drug-likeness (QED) is 0.781. The number of aryl methyl sites for hydroxylation is 1. The molecule has 1 aromatic rings. The summed E-state index contributed by atoms with van der Waals surface area (Å²) < 4.78 is 36.0. The minimum atomic E-state index is -2.43. The smallest absolute Gasteiger partial charge is 0.264 e. The zero-order chi connectivity index (χ0) is 17.7. The molecule has 2 rings (SSSR count). The number of rotatable bonds is 5. The number of alkyl halides is 2. The van der Waals surface area contributed by atoms with Gasteiger partial charge < -0.3 is 9.47 Å². The average molecular weight is 331 g/mol. The summed E-state index contributed by atoms with van der Waals surface area (Å²) >= 11 is 0. The Kier molecular flexibility index (Phi) is 12.6. The Hall–Kier alpha value is -1.20. The monoisotopic (exact) mass is 331 g/mol.